The van der Waals surface area contributed by atoms with Crippen molar-refractivity contribution >= 4 is 11.0 Å². The predicted molar refractivity (Wildman–Crippen MR) is 75.5 cm³/mol. The van der Waals surface area contributed by atoms with E-state index in [0.717, 1.165) is 55.2 Å². The van der Waals surface area contributed by atoms with Gasteiger partial charge in [0.15, 0.2) is 11.3 Å². The highest BCUT2D eigenvalue weighted by Crippen LogP contribution is 2.29. The number of hydrogen-bond acceptors (Lipinski definition) is 4. The smallest absolute Gasteiger partial charge is 0.176 e. The highest BCUT2D eigenvalue weighted by atomic mass is 16.5. The SMILES string of the molecule is COc1cccc2cc(CN3CCN(C)CC3)oc12. The number of rotatable bonds is 3. The fraction of sp³-hybridized carbons (Fsp3) is 0.467. The third-order valence-electron chi connectivity index (χ3n) is 3.75. The second-order valence-corrected chi connectivity index (χ2v) is 5.17. The average Bonchev–Trinajstić information content (AvgIpc) is 2.83. The third-order valence-corrected chi connectivity index (χ3v) is 3.75. The van der Waals surface area contributed by atoms with Crippen LogP contribution in [0, 0.1) is 0 Å². The van der Waals surface area contributed by atoms with E-state index in [0.29, 0.717) is 0 Å². The molecule has 2 heterocycles. The average molecular weight is 260 g/mol. The van der Waals surface area contributed by atoms with Crippen LogP contribution in [0.4, 0.5) is 0 Å². The number of likely N-dealkylation sites (N-methyl/N-ethyl adjacent to an activating group) is 1. The summed E-state index contributed by atoms with van der Waals surface area (Å²) in [5.41, 5.74) is 0.856. The van der Waals surface area contributed by atoms with Crippen LogP contribution in [0.15, 0.2) is 28.7 Å². The minimum absolute atomic E-state index is 0.808. The second-order valence-electron chi connectivity index (χ2n) is 5.17. The zero-order valence-corrected chi connectivity index (χ0v) is 11.6. The van der Waals surface area contributed by atoms with Gasteiger partial charge < -0.3 is 14.1 Å². The maximum Gasteiger partial charge on any atom is 0.176 e. The van der Waals surface area contributed by atoms with Crippen LogP contribution in [-0.2, 0) is 6.54 Å². The Morgan fingerprint density at radius 2 is 2.00 bits per heavy atom. The molecule has 1 aromatic heterocycles. The van der Waals surface area contributed by atoms with Gasteiger partial charge in [-0.25, -0.2) is 0 Å². The van der Waals surface area contributed by atoms with Crippen molar-refractivity contribution in [3.8, 4) is 5.75 Å². The van der Waals surface area contributed by atoms with Crippen molar-refractivity contribution < 1.29 is 9.15 Å². The van der Waals surface area contributed by atoms with Gasteiger partial charge in [-0.3, -0.25) is 4.90 Å². The number of ether oxygens (including phenoxy) is 1. The number of methoxy groups -OCH3 is 1. The molecule has 0 amide bonds. The number of fused-ring (bicyclic) bond motifs is 1. The van der Waals surface area contributed by atoms with Crippen LogP contribution >= 0.6 is 0 Å². The molecule has 0 radical (unpaired) electrons. The van der Waals surface area contributed by atoms with E-state index in [9.17, 15) is 0 Å². The summed E-state index contributed by atoms with van der Waals surface area (Å²) in [4.78, 5) is 4.79. The maximum atomic E-state index is 5.94. The molecule has 0 saturated carbocycles. The van der Waals surface area contributed by atoms with E-state index in [2.05, 4.69) is 29.0 Å². The molecular formula is C15H20N2O2. The Labute approximate surface area is 113 Å². The summed E-state index contributed by atoms with van der Waals surface area (Å²) in [5, 5.41) is 1.11. The van der Waals surface area contributed by atoms with Gasteiger partial charge >= 0.3 is 0 Å². The first-order valence-electron chi connectivity index (χ1n) is 6.72. The number of hydrogen-bond donors (Lipinski definition) is 0. The van der Waals surface area contributed by atoms with Gasteiger partial charge in [0.05, 0.1) is 13.7 Å². The van der Waals surface area contributed by atoms with Gasteiger partial charge in [0, 0.05) is 31.6 Å². The van der Waals surface area contributed by atoms with Crippen molar-refractivity contribution in [1.29, 1.82) is 0 Å². The molecule has 1 aliphatic rings. The van der Waals surface area contributed by atoms with Gasteiger partial charge in [-0.05, 0) is 19.2 Å². The molecule has 1 saturated heterocycles. The van der Waals surface area contributed by atoms with Crippen molar-refractivity contribution in [3.05, 3.63) is 30.0 Å². The third kappa shape index (κ3) is 2.60. The predicted octanol–water partition coefficient (Wildman–Crippen LogP) is 2.19. The number of nitrogens with zero attached hydrogens (tertiary/aromatic N) is 2. The number of benzene rings is 1. The number of para-hydroxylation sites is 1. The van der Waals surface area contributed by atoms with Gasteiger partial charge in [-0.2, -0.15) is 0 Å². The fourth-order valence-electron chi connectivity index (χ4n) is 2.55. The van der Waals surface area contributed by atoms with Crippen LogP contribution in [-0.4, -0.2) is 50.1 Å². The highest BCUT2D eigenvalue weighted by molar-refractivity contribution is 5.83. The first kappa shape index (κ1) is 12.5. The summed E-state index contributed by atoms with van der Waals surface area (Å²) >= 11 is 0. The van der Waals surface area contributed by atoms with E-state index >= 15 is 0 Å². The molecule has 4 heteroatoms. The Kier molecular flexibility index (Phi) is 3.44. The van der Waals surface area contributed by atoms with Crippen LogP contribution in [0.25, 0.3) is 11.0 Å². The minimum Gasteiger partial charge on any atom is -0.493 e. The van der Waals surface area contributed by atoms with Crippen molar-refractivity contribution in [1.82, 2.24) is 9.80 Å². The van der Waals surface area contributed by atoms with Crippen LogP contribution in [0.2, 0.25) is 0 Å². The summed E-state index contributed by atoms with van der Waals surface area (Å²) in [5.74, 6) is 1.83. The first-order valence-corrected chi connectivity index (χ1v) is 6.72. The Morgan fingerprint density at radius 3 is 2.74 bits per heavy atom. The van der Waals surface area contributed by atoms with Crippen molar-refractivity contribution in [2.75, 3.05) is 40.3 Å². The Morgan fingerprint density at radius 1 is 1.21 bits per heavy atom. The molecule has 0 atom stereocenters. The van der Waals surface area contributed by atoms with Gasteiger partial charge in [0.2, 0.25) is 0 Å². The van der Waals surface area contributed by atoms with E-state index in [1.807, 2.05) is 12.1 Å². The van der Waals surface area contributed by atoms with E-state index in [4.69, 9.17) is 9.15 Å². The molecule has 102 valence electrons. The molecule has 0 aliphatic carbocycles. The monoisotopic (exact) mass is 260 g/mol. The normalized spacial score (nSPS) is 18.0. The zero-order chi connectivity index (χ0) is 13.2. The minimum atomic E-state index is 0.808. The molecule has 1 fully saturated rings. The van der Waals surface area contributed by atoms with Gasteiger partial charge in [-0.1, -0.05) is 12.1 Å². The lowest BCUT2D eigenvalue weighted by Gasteiger charge is -2.31. The summed E-state index contributed by atoms with van der Waals surface area (Å²) in [6.45, 7) is 5.34. The second kappa shape index (κ2) is 5.23. The standard InChI is InChI=1S/C15H20N2O2/c1-16-6-8-17(9-7-16)11-13-10-12-4-3-5-14(18-2)15(12)19-13/h3-5,10H,6-9,11H2,1-2H3. The largest absolute Gasteiger partial charge is 0.493 e. The van der Waals surface area contributed by atoms with Gasteiger partial charge in [-0.15, -0.1) is 0 Å². The molecule has 0 bridgehead atoms. The molecule has 1 aliphatic heterocycles. The molecular weight excluding hydrogens is 240 g/mol. The fourth-order valence-corrected chi connectivity index (χ4v) is 2.55. The molecule has 1 aromatic carbocycles. The number of piperazine rings is 1. The van der Waals surface area contributed by atoms with Crippen molar-refractivity contribution in [2.45, 2.75) is 6.54 Å². The van der Waals surface area contributed by atoms with E-state index in [1.54, 1.807) is 7.11 Å². The summed E-state index contributed by atoms with van der Waals surface area (Å²) in [6, 6.07) is 8.12. The lowest BCUT2D eigenvalue weighted by molar-refractivity contribution is 0.141. The van der Waals surface area contributed by atoms with Crippen molar-refractivity contribution in [2.24, 2.45) is 0 Å². The van der Waals surface area contributed by atoms with E-state index in [1.165, 1.54) is 0 Å². The Hall–Kier alpha value is -1.52. The summed E-state index contributed by atoms with van der Waals surface area (Å²) in [6.07, 6.45) is 0. The zero-order valence-electron chi connectivity index (χ0n) is 11.6. The Bertz CT molecular complexity index is 556. The molecule has 2 aromatic rings. The number of furan rings is 1. The lowest BCUT2D eigenvalue weighted by Crippen LogP contribution is -2.43. The van der Waals surface area contributed by atoms with Gasteiger partial charge in [0.1, 0.15) is 5.76 Å². The molecule has 4 nitrogen and oxygen atoms in total. The van der Waals surface area contributed by atoms with Crippen LogP contribution in [0.5, 0.6) is 5.75 Å². The molecule has 3 rings (SSSR count). The van der Waals surface area contributed by atoms with Gasteiger partial charge in [0.25, 0.3) is 0 Å². The van der Waals surface area contributed by atoms with E-state index < -0.39 is 0 Å². The first-order chi connectivity index (χ1) is 9.26. The topological polar surface area (TPSA) is 28.9 Å². The Balaban J connectivity index is 1.78. The molecule has 19 heavy (non-hydrogen) atoms. The quantitative estimate of drug-likeness (QED) is 0.846. The maximum absolute atomic E-state index is 5.94. The van der Waals surface area contributed by atoms with Crippen LogP contribution in [0.3, 0.4) is 0 Å². The lowest BCUT2D eigenvalue weighted by atomic mass is 10.2. The van der Waals surface area contributed by atoms with Crippen molar-refractivity contribution in [3.63, 3.8) is 0 Å². The molecule has 0 unspecified atom stereocenters. The summed E-state index contributed by atoms with van der Waals surface area (Å²) < 4.78 is 11.3. The molecule has 0 N–H and O–H groups in total. The summed E-state index contributed by atoms with van der Waals surface area (Å²) in [7, 11) is 3.85. The molecule has 0 spiro atoms. The van der Waals surface area contributed by atoms with Crippen LogP contribution < -0.4 is 4.74 Å². The highest BCUT2D eigenvalue weighted by Gasteiger charge is 2.16. The van der Waals surface area contributed by atoms with E-state index in [-0.39, 0.29) is 0 Å². The van der Waals surface area contributed by atoms with Crippen LogP contribution in [0.1, 0.15) is 5.76 Å².